The number of nitrogens with zero attached hydrogens (tertiary/aromatic N) is 6. The zero-order valence-electron chi connectivity index (χ0n) is 22.5. The minimum Gasteiger partial charge on any atom is -0.478 e. The predicted octanol–water partition coefficient (Wildman–Crippen LogP) is 3.96. The van der Waals surface area contributed by atoms with Crippen LogP contribution in [0.25, 0.3) is 22.1 Å². The number of carboxylic acid groups (broad SMARTS) is 1. The summed E-state index contributed by atoms with van der Waals surface area (Å²) in [7, 11) is 0. The van der Waals surface area contributed by atoms with Gasteiger partial charge in [0.05, 0.1) is 35.8 Å². The van der Waals surface area contributed by atoms with Crippen molar-refractivity contribution < 1.29 is 23.8 Å². The van der Waals surface area contributed by atoms with Crippen LogP contribution in [0, 0.1) is 0 Å². The Bertz CT molecular complexity index is 1700. The molecule has 7 rings (SSSR count). The van der Waals surface area contributed by atoms with E-state index in [4.69, 9.17) is 23.9 Å². The van der Waals surface area contributed by atoms with Crippen LogP contribution < -0.4 is 9.64 Å². The van der Waals surface area contributed by atoms with Crippen molar-refractivity contribution in [1.82, 2.24) is 24.4 Å². The monoisotopic (exact) mass is 554 g/mol. The molecule has 0 amide bonds. The Labute approximate surface area is 235 Å². The fourth-order valence-corrected chi connectivity index (χ4v) is 5.41. The van der Waals surface area contributed by atoms with Gasteiger partial charge < -0.3 is 28.5 Å². The first-order valence-electron chi connectivity index (χ1n) is 13.8. The quantitative estimate of drug-likeness (QED) is 0.287. The Hall–Kier alpha value is -4.48. The van der Waals surface area contributed by atoms with E-state index in [2.05, 4.69) is 19.4 Å². The SMILES string of the molecule is O=C(O)c1ccc2nc(CN3CCN(c4cccc(OCc5ccc6ocnc6c5)n4)CC3)n(C[C@@H]3CCO3)c2c1. The number of imidazole rings is 1. The Balaban J connectivity index is 1.00. The van der Waals surface area contributed by atoms with Gasteiger partial charge in [0.25, 0.3) is 0 Å². The van der Waals surface area contributed by atoms with Crippen LogP contribution in [0.4, 0.5) is 5.82 Å². The van der Waals surface area contributed by atoms with Crippen molar-refractivity contribution in [3.8, 4) is 5.88 Å². The molecule has 210 valence electrons. The number of carbonyl (C=O) groups is 1. The molecular formula is C30H30N6O5. The zero-order valence-corrected chi connectivity index (χ0v) is 22.5. The third kappa shape index (κ3) is 5.33. The fraction of sp³-hybridized carbons (Fsp3) is 0.333. The molecule has 5 aromatic rings. The third-order valence-electron chi connectivity index (χ3n) is 7.81. The average molecular weight is 555 g/mol. The summed E-state index contributed by atoms with van der Waals surface area (Å²) in [5, 5.41) is 9.50. The number of pyridine rings is 1. The molecule has 2 saturated heterocycles. The molecule has 2 aliphatic rings. The molecule has 2 fully saturated rings. The number of hydrogen-bond donors (Lipinski definition) is 1. The van der Waals surface area contributed by atoms with E-state index in [1.54, 1.807) is 18.2 Å². The van der Waals surface area contributed by atoms with Crippen LogP contribution >= 0.6 is 0 Å². The van der Waals surface area contributed by atoms with Crippen molar-refractivity contribution in [2.45, 2.75) is 32.2 Å². The van der Waals surface area contributed by atoms with E-state index in [-0.39, 0.29) is 11.7 Å². The summed E-state index contributed by atoms with van der Waals surface area (Å²) in [6.45, 7) is 5.90. The molecule has 5 heterocycles. The van der Waals surface area contributed by atoms with Gasteiger partial charge in [0.2, 0.25) is 5.88 Å². The molecule has 0 aliphatic carbocycles. The van der Waals surface area contributed by atoms with Crippen molar-refractivity contribution in [2.75, 3.05) is 37.7 Å². The highest BCUT2D eigenvalue weighted by Gasteiger charge is 2.25. The topological polar surface area (TPSA) is 119 Å². The number of aromatic nitrogens is 4. The van der Waals surface area contributed by atoms with Gasteiger partial charge in [0.15, 0.2) is 12.0 Å². The Morgan fingerprint density at radius 1 is 1.02 bits per heavy atom. The molecule has 0 saturated carbocycles. The van der Waals surface area contributed by atoms with Crippen molar-refractivity contribution in [3.63, 3.8) is 0 Å². The summed E-state index contributed by atoms with van der Waals surface area (Å²) in [5.74, 6) is 1.47. The highest BCUT2D eigenvalue weighted by Crippen LogP contribution is 2.25. The van der Waals surface area contributed by atoms with E-state index in [0.29, 0.717) is 25.6 Å². The molecular weight excluding hydrogens is 524 g/mol. The molecule has 11 nitrogen and oxygen atoms in total. The third-order valence-corrected chi connectivity index (χ3v) is 7.81. The molecule has 0 radical (unpaired) electrons. The van der Waals surface area contributed by atoms with Crippen molar-refractivity contribution in [2.24, 2.45) is 0 Å². The molecule has 0 unspecified atom stereocenters. The van der Waals surface area contributed by atoms with E-state index >= 15 is 0 Å². The lowest BCUT2D eigenvalue weighted by atomic mass is 10.1. The van der Waals surface area contributed by atoms with Gasteiger partial charge in [0, 0.05) is 38.9 Å². The molecule has 0 spiro atoms. The van der Waals surface area contributed by atoms with Gasteiger partial charge in [-0.15, -0.1) is 0 Å². The van der Waals surface area contributed by atoms with Gasteiger partial charge >= 0.3 is 5.97 Å². The number of ether oxygens (including phenoxy) is 2. The summed E-state index contributed by atoms with van der Waals surface area (Å²) in [5.41, 5.74) is 4.48. The minimum atomic E-state index is -0.937. The van der Waals surface area contributed by atoms with Gasteiger partial charge in [-0.2, -0.15) is 4.98 Å². The van der Waals surface area contributed by atoms with E-state index in [1.165, 1.54) is 6.39 Å². The first kappa shape index (κ1) is 25.5. The Kier molecular flexibility index (Phi) is 6.73. The highest BCUT2D eigenvalue weighted by molar-refractivity contribution is 5.92. The number of fused-ring (bicyclic) bond motifs is 2. The van der Waals surface area contributed by atoms with Crippen LogP contribution in [0.3, 0.4) is 0 Å². The number of hydrogen-bond acceptors (Lipinski definition) is 9. The van der Waals surface area contributed by atoms with Gasteiger partial charge in [-0.3, -0.25) is 4.90 Å². The number of oxazole rings is 1. The van der Waals surface area contributed by atoms with Crippen molar-refractivity contribution >= 4 is 33.9 Å². The lowest BCUT2D eigenvalue weighted by Crippen LogP contribution is -2.46. The molecule has 0 bridgehead atoms. The largest absolute Gasteiger partial charge is 0.478 e. The normalized spacial score (nSPS) is 17.7. The fourth-order valence-electron chi connectivity index (χ4n) is 5.41. The molecule has 3 aromatic heterocycles. The van der Waals surface area contributed by atoms with Gasteiger partial charge in [-0.25, -0.2) is 14.8 Å². The summed E-state index contributed by atoms with van der Waals surface area (Å²) < 4.78 is 19.1. The maximum atomic E-state index is 11.6. The number of benzene rings is 2. The van der Waals surface area contributed by atoms with E-state index in [9.17, 15) is 9.90 Å². The second-order valence-electron chi connectivity index (χ2n) is 10.5. The van der Waals surface area contributed by atoms with Crippen molar-refractivity contribution in [1.29, 1.82) is 0 Å². The van der Waals surface area contributed by atoms with Crippen LogP contribution in [0.2, 0.25) is 0 Å². The first-order valence-corrected chi connectivity index (χ1v) is 13.8. The van der Waals surface area contributed by atoms with Crippen LogP contribution in [0.15, 0.2) is 65.4 Å². The van der Waals surface area contributed by atoms with E-state index in [0.717, 1.165) is 78.5 Å². The Morgan fingerprint density at radius 2 is 1.90 bits per heavy atom. The van der Waals surface area contributed by atoms with Crippen LogP contribution in [0.5, 0.6) is 5.88 Å². The summed E-state index contributed by atoms with van der Waals surface area (Å²) in [6.07, 6.45) is 2.59. The standard InChI is InChI=1S/C30H30N6O5/c37-30(38)21-5-6-23-25(15-21)36(16-22-8-13-39-22)28(32-23)17-34-9-11-35(12-10-34)27-2-1-3-29(33-27)40-18-20-4-7-26-24(14-20)31-19-41-26/h1-7,14-15,19,22H,8-13,16-18H2,(H,37,38)/t22-/m0/s1. The van der Waals surface area contributed by atoms with Crippen LogP contribution in [-0.4, -0.2) is 74.4 Å². The lowest BCUT2D eigenvalue weighted by molar-refractivity contribution is -0.0592. The van der Waals surface area contributed by atoms with Gasteiger partial charge in [-0.05, 0) is 48.4 Å². The Morgan fingerprint density at radius 3 is 2.71 bits per heavy atom. The van der Waals surface area contributed by atoms with Crippen LogP contribution in [0.1, 0.15) is 28.2 Å². The minimum absolute atomic E-state index is 0.141. The molecule has 1 N–H and O–H groups in total. The van der Waals surface area contributed by atoms with Crippen molar-refractivity contribution in [3.05, 3.63) is 77.9 Å². The summed E-state index contributed by atoms with van der Waals surface area (Å²) in [6, 6.07) is 16.8. The van der Waals surface area contributed by atoms with Crippen LogP contribution in [-0.2, 0) is 24.4 Å². The highest BCUT2D eigenvalue weighted by atomic mass is 16.5. The molecule has 2 aromatic carbocycles. The molecule has 41 heavy (non-hydrogen) atoms. The zero-order chi connectivity index (χ0) is 27.8. The summed E-state index contributed by atoms with van der Waals surface area (Å²) >= 11 is 0. The summed E-state index contributed by atoms with van der Waals surface area (Å²) in [4.78, 5) is 30.1. The smallest absolute Gasteiger partial charge is 0.335 e. The molecule has 11 heteroatoms. The van der Waals surface area contributed by atoms with E-state index < -0.39 is 5.97 Å². The number of piperazine rings is 1. The second kappa shape index (κ2) is 10.8. The maximum absolute atomic E-state index is 11.6. The second-order valence-corrected chi connectivity index (χ2v) is 10.5. The number of aromatic carboxylic acids is 1. The van der Waals surface area contributed by atoms with Gasteiger partial charge in [0.1, 0.15) is 23.8 Å². The number of carboxylic acids is 1. The first-order chi connectivity index (χ1) is 20.1. The number of rotatable bonds is 9. The molecule has 1 atom stereocenters. The average Bonchev–Trinajstić information content (AvgIpc) is 3.57. The lowest BCUT2D eigenvalue weighted by Gasteiger charge is -2.35. The number of anilines is 1. The predicted molar refractivity (Wildman–Crippen MR) is 151 cm³/mol. The van der Waals surface area contributed by atoms with Gasteiger partial charge in [-0.1, -0.05) is 12.1 Å². The van der Waals surface area contributed by atoms with E-state index in [1.807, 2.05) is 36.4 Å². The molecule has 2 aliphatic heterocycles. The maximum Gasteiger partial charge on any atom is 0.335 e.